The van der Waals surface area contributed by atoms with Gasteiger partial charge in [0.15, 0.2) is 5.69 Å². The molecule has 0 aliphatic rings. The van der Waals surface area contributed by atoms with E-state index in [0.29, 0.717) is 0 Å². The quantitative estimate of drug-likeness (QED) is 0.420. The predicted octanol–water partition coefficient (Wildman–Crippen LogP) is 4.88. The minimum Gasteiger partial charge on any atom is -0.0622 e. The highest BCUT2D eigenvalue weighted by molar-refractivity contribution is 5.65. The summed E-state index contributed by atoms with van der Waals surface area (Å²) >= 11 is 0. The van der Waals surface area contributed by atoms with Crippen LogP contribution in [0.1, 0.15) is 0 Å². The van der Waals surface area contributed by atoms with Crippen molar-refractivity contribution >= 4 is 0 Å². The Balaban J connectivity index is 1.45. The summed E-state index contributed by atoms with van der Waals surface area (Å²) in [4.78, 5) is 3.60. The van der Waals surface area contributed by atoms with Crippen LogP contribution in [-0.2, 0) is 0 Å². The van der Waals surface area contributed by atoms with Crippen LogP contribution in [0.25, 0.3) is 33.6 Å². The standard InChI is InChI=1S/C25H19N4/c1-3-7-20(8-4-1)22-11-15-24(16-12-22)28-26-19-27-29(28)25-17-13-23(14-18-25)21-9-5-2-6-10-21/h1-19H/q+1. The first kappa shape index (κ1) is 17.1. The molecule has 0 spiro atoms. The molecule has 0 saturated carbocycles. The lowest BCUT2D eigenvalue weighted by Gasteiger charge is -2.04. The second-order valence-electron chi connectivity index (χ2n) is 6.75. The van der Waals surface area contributed by atoms with E-state index in [2.05, 4.69) is 83.0 Å². The molecular weight excluding hydrogens is 356 g/mol. The molecule has 4 aromatic carbocycles. The smallest absolute Gasteiger partial charge is 0.0622 e. The Morgan fingerprint density at radius 1 is 0.517 bits per heavy atom. The molecule has 138 valence electrons. The van der Waals surface area contributed by atoms with E-state index >= 15 is 0 Å². The molecule has 0 atom stereocenters. The molecule has 29 heavy (non-hydrogen) atoms. The fourth-order valence-corrected chi connectivity index (χ4v) is 3.41. The zero-order valence-electron chi connectivity index (χ0n) is 15.8. The maximum absolute atomic E-state index is 4.41. The first-order valence-corrected chi connectivity index (χ1v) is 9.53. The molecule has 5 rings (SSSR count). The van der Waals surface area contributed by atoms with Crippen molar-refractivity contribution in [3.05, 3.63) is 116 Å². The van der Waals surface area contributed by atoms with Crippen LogP contribution in [0.4, 0.5) is 0 Å². The molecule has 0 fully saturated rings. The zero-order valence-corrected chi connectivity index (χ0v) is 15.8. The number of hydrogen-bond donors (Lipinski definition) is 0. The van der Waals surface area contributed by atoms with Crippen molar-refractivity contribution in [2.24, 2.45) is 0 Å². The van der Waals surface area contributed by atoms with Gasteiger partial charge in [0, 0.05) is 4.80 Å². The van der Waals surface area contributed by atoms with Gasteiger partial charge in [0.05, 0.1) is 5.10 Å². The molecule has 0 aliphatic carbocycles. The molecule has 0 aliphatic heterocycles. The van der Waals surface area contributed by atoms with Crippen molar-refractivity contribution < 1.29 is 4.80 Å². The second-order valence-corrected chi connectivity index (χ2v) is 6.75. The van der Waals surface area contributed by atoms with Gasteiger partial charge in [-0.25, -0.2) is 0 Å². The van der Waals surface area contributed by atoms with E-state index < -0.39 is 0 Å². The van der Waals surface area contributed by atoms with E-state index in [1.54, 1.807) is 15.9 Å². The van der Waals surface area contributed by atoms with Crippen molar-refractivity contribution in [1.29, 1.82) is 0 Å². The predicted molar refractivity (Wildman–Crippen MR) is 114 cm³/mol. The summed E-state index contributed by atoms with van der Waals surface area (Å²) in [5, 5.41) is 8.83. The number of hydrogen-bond acceptors (Lipinski definition) is 2. The van der Waals surface area contributed by atoms with Crippen LogP contribution in [0.2, 0.25) is 0 Å². The third-order valence-electron chi connectivity index (χ3n) is 4.91. The summed E-state index contributed by atoms with van der Waals surface area (Å²) < 4.78 is 0. The Kier molecular flexibility index (Phi) is 4.43. The lowest BCUT2D eigenvalue weighted by atomic mass is 10.1. The Hall–Kier alpha value is -4.05. The van der Waals surface area contributed by atoms with Crippen LogP contribution >= 0.6 is 0 Å². The van der Waals surface area contributed by atoms with Crippen LogP contribution in [0, 0.1) is 0 Å². The van der Waals surface area contributed by atoms with Crippen LogP contribution < -0.4 is 4.80 Å². The summed E-state index contributed by atoms with van der Waals surface area (Å²) in [6, 6.07) is 37.4. The van der Waals surface area contributed by atoms with E-state index in [0.717, 1.165) is 11.4 Å². The van der Waals surface area contributed by atoms with Gasteiger partial charge in [0.2, 0.25) is 0 Å². The summed E-state index contributed by atoms with van der Waals surface area (Å²) in [6.45, 7) is 0. The number of tetrazole rings is 1. The molecular formula is C25H19N4+. The first-order valence-electron chi connectivity index (χ1n) is 9.53. The van der Waals surface area contributed by atoms with Crippen molar-refractivity contribution in [3.63, 3.8) is 0 Å². The average molecular weight is 375 g/mol. The van der Waals surface area contributed by atoms with Crippen LogP contribution in [0.5, 0.6) is 0 Å². The van der Waals surface area contributed by atoms with Crippen molar-refractivity contribution in [3.8, 4) is 33.6 Å². The summed E-state index contributed by atoms with van der Waals surface area (Å²) in [5.74, 6) is 0. The summed E-state index contributed by atoms with van der Waals surface area (Å²) in [7, 11) is 0. The molecule has 0 saturated heterocycles. The number of aromatic nitrogens is 4. The Morgan fingerprint density at radius 2 is 1.00 bits per heavy atom. The fraction of sp³-hybridized carbons (Fsp3) is 0. The van der Waals surface area contributed by atoms with Gasteiger partial charge in [0.1, 0.15) is 5.69 Å². The fourth-order valence-electron chi connectivity index (χ4n) is 3.41. The monoisotopic (exact) mass is 375 g/mol. The van der Waals surface area contributed by atoms with Crippen molar-refractivity contribution in [2.45, 2.75) is 0 Å². The lowest BCUT2D eigenvalue weighted by molar-refractivity contribution is -0.735. The molecule has 0 amide bonds. The van der Waals surface area contributed by atoms with Gasteiger partial charge in [-0.15, -0.1) is 0 Å². The van der Waals surface area contributed by atoms with Crippen molar-refractivity contribution in [2.75, 3.05) is 0 Å². The SMILES string of the molecule is c1ccc(-c2ccc(-n3ncn[n+]3-c3ccc(-c4ccccc4)cc3)cc2)cc1. The molecule has 1 aromatic heterocycles. The molecule has 5 aromatic rings. The zero-order chi connectivity index (χ0) is 19.5. The third kappa shape index (κ3) is 3.44. The summed E-state index contributed by atoms with van der Waals surface area (Å²) in [5.41, 5.74) is 6.65. The molecule has 4 heteroatoms. The van der Waals surface area contributed by atoms with Gasteiger partial charge >= 0.3 is 0 Å². The third-order valence-corrected chi connectivity index (χ3v) is 4.91. The Bertz CT molecular complexity index is 1110. The van der Waals surface area contributed by atoms with E-state index in [-0.39, 0.29) is 0 Å². The maximum Gasteiger partial charge on any atom is 0.297 e. The molecule has 0 unspecified atom stereocenters. The number of nitrogens with zero attached hydrogens (tertiary/aromatic N) is 4. The highest BCUT2D eigenvalue weighted by atomic mass is 15.7. The summed E-state index contributed by atoms with van der Waals surface area (Å²) in [6.07, 6.45) is 1.57. The average Bonchev–Trinajstić information content (AvgIpc) is 3.30. The second kappa shape index (κ2) is 7.52. The van der Waals surface area contributed by atoms with Gasteiger partial charge in [-0.3, -0.25) is 0 Å². The molecule has 4 nitrogen and oxygen atoms in total. The minimum atomic E-state index is 0.953. The van der Waals surface area contributed by atoms with Crippen LogP contribution in [0.3, 0.4) is 0 Å². The van der Waals surface area contributed by atoms with Gasteiger partial charge in [-0.05, 0) is 68.5 Å². The van der Waals surface area contributed by atoms with E-state index in [1.807, 2.05) is 36.4 Å². The van der Waals surface area contributed by atoms with E-state index in [1.165, 1.54) is 22.3 Å². The van der Waals surface area contributed by atoms with Crippen LogP contribution in [0.15, 0.2) is 116 Å². The first-order chi connectivity index (χ1) is 14.4. The van der Waals surface area contributed by atoms with Crippen LogP contribution in [-0.4, -0.2) is 15.0 Å². The van der Waals surface area contributed by atoms with Gasteiger partial charge in [-0.2, -0.15) is 0 Å². The van der Waals surface area contributed by atoms with Gasteiger partial charge in [0.25, 0.3) is 6.33 Å². The maximum atomic E-state index is 4.41. The molecule has 0 bridgehead atoms. The Labute approximate surface area is 169 Å². The Morgan fingerprint density at radius 3 is 1.55 bits per heavy atom. The molecule has 0 radical (unpaired) electrons. The normalized spacial score (nSPS) is 10.8. The minimum absolute atomic E-state index is 0.953. The van der Waals surface area contributed by atoms with Gasteiger partial charge < -0.3 is 0 Å². The topological polar surface area (TPSA) is 34.6 Å². The van der Waals surface area contributed by atoms with E-state index in [9.17, 15) is 0 Å². The largest absolute Gasteiger partial charge is 0.297 e. The molecule has 1 heterocycles. The lowest BCUT2D eigenvalue weighted by Crippen LogP contribution is -2.43. The van der Waals surface area contributed by atoms with Crippen molar-refractivity contribution in [1.82, 2.24) is 15.0 Å². The highest BCUT2D eigenvalue weighted by Gasteiger charge is 2.16. The van der Waals surface area contributed by atoms with Gasteiger partial charge in [-0.1, -0.05) is 72.8 Å². The number of benzene rings is 4. The van der Waals surface area contributed by atoms with E-state index in [4.69, 9.17) is 0 Å². The highest BCUT2D eigenvalue weighted by Crippen LogP contribution is 2.21. The number of rotatable bonds is 4. The molecule has 0 N–H and O–H groups in total.